The van der Waals surface area contributed by atoms with Gasteiger partial charge in [-0.15, -0.1) is 0 Å². The fourth-order valence-electron chi connectivity index (χ4n) is 3.19. The fourth-order valence-corrected chi connectivity index (χ4v) is 3.44. The number of hydrogen-bond acceptors (Lipinski definition) is 6. The highest BCUT2D eigenvalue weighted by Gasteiger charge is 2.37. The van der Waals surface area contributed by atoms with Crippen molar-refractivity contribution in [3.05, 3.63) is 76.5 Å². The first-order valence-corrected chi connectivity index (χ1v) is 9.85. The molecule has 1 saturated heterocycles. The van der Waals surface area contributed by atoms with Crippen LogP contribution in [0.4, 0.5) is 10.5 Å². The molecule has 0 aliphatic carbocycles. The van der Waals surface area contributed by atoms with Crippen LogP contribution in [-0.2, 0) is 9.59 Å². The SMILES string of the molecule is COc1ccc(N2C(=O)NC(=O)/C(=C/c3ccc(-c4ccc(C(=O)O)cc4)o3)C2=O)cc1Cl. The number of amides is 4. The Labute approximate surface area is 191 Å². The number of urea groups is 1. The normalized spacial score (nSPS) is 15.0. The van der Waals surface area contributed by atoms with Crippen molar-refractivity contribution in [3.63, 3.8) is 0 Å². The second-order valence-corrected chi connectivity index (χ2v) is 7.27. The monoisotopic (exact) mass is 466 g/mol. The summed E-state index contributed by atoms with van der Waals surface area (Å²) >= 11 is 6.10. The van der Waals surface area contributed by atoms with Crippen LogP contribution in [-0.4, -0.2) is 36.0 Å². The third kappa shape index (κ3) is 4.21. The molecule has 4 amide bonds. The zero-order chi connectivity index (χ0) is 23.7. The van der Waals surface area contributed by atoms with E-state index in [0.717, 1.165) is 4.90 Å². The van der Waals surface area contributed by atoms with Crippen LogP contribution in [0, 0.1) is 0 Å². The number of rotatable bonds is 5. The van der Waals surface area contributed by atoms with Crippen LogP contribution < -0.4 is 15.0 Å². The summed E-state index contributed by atoms with van der Waals surface area (Å²) in [7, 11) is 1.43. The molecule has 0 bridgehead atoms. The Morgan fingerprint density at radius 3 is 2.45 bits per heavy atom. The van der Waals surface area contributed by atoms with E-state index in [-0.39, 0.29) is 27.6 Å². The van der Waals surface area contributed by atoms with Gasteiger partial charge in [-0.25, -0.2) is 14.5 Å². The van der Waals surface area contributed by atoms with Gasteiger partial charge in [0, 0.05) is 5.56 Å². The van der Waals surface area contributed by atoms with Gasteiger partial charge in [0.2, 0.25) is 0 Å². The second-order valence-electron chi connectivity index (χ2n) is 6.86. The number of carboxylic acid groups (broad SMARTS) is 1. The number of anilines is 1. The summed E-state index contributed by atoms with van der Waals surface area (Å²) in [6.45, 7) is 0. The van der Waals surface area contributed by atoms with Gasteiger partial charge in [-0.05, 0) is 48.5 Å². The third-order valence-electron chi connectivity index (χ3n) is 4.83. The predicted molar refractivity (Wildman–Crippen MR) is 118 cm³/mol. The summed E-state index contributed by atoms with van der Waals surface area (Å²) in [6, 6.07) is 12.6. The molecule has 166 valence electrons. The maximum Gasteiger partial charge on any atom is 0.335 e. The van der Waals surface area contributed by atoms with Crippen molar-refractivity contribution in [1.29, 1.82) is 0 Å². The van der Waals surface area contributed by atoms with Gasteiger partial charge in [0.15, 0.2) is 0 Å². The van der Waals surface area contributed by atoms with Crippen LogP contribution in [0.5, 0.6) is 5.75 Å². The molecule has 9 nitrogen and oxygen atoms in total. The van der Waals surface area contributed by atoms with Crippen LogP contribution in [0.1, 0.15) is 16.1 Å². The average molecular weight is 467 g/mol. The summed E-state index contributed by atoms with van der Waals surface area (Å²) < 4.78 is 10.8. The molecule has 10 heteroatoms. The second kappa shape index (κ2) is 8.64. The standard InChI is InChI=1S/C23H15ClN2O7/c1-32-19-8-6-14(10-17(19)24)26-21(28)16(20(27)25-23(26)31)11-15-7-9-18(33-15)12-2-4-13(5-3-12)22(29)30/h2-11H,1H3,(H,29,30)(H,25,27,31)/b16-11-. The molecule has 1 fully saturated rings. The smallest absolute Gasteiger partial charge is 0.335 e. The molecule has 0 spiro atoms. The number of aromatic carboxylic acids is 1. The fraction of sp³-hybridized carbons (Fsp3) is 0.0435. The Hall–Kier alpha value is -4.37. The Balaban J connectivity index is 1.64. The highest BCUT2D eigenvalue weighted by atomic mass is 35.5. The summed E-state index contributed by atoms with van der Waals surface area (Å²) in [6.07, 6.45) is 1.22. The van der Waals surface area contributed by atoms with Crippen LogP contribution in [0.2, 0.25) is 5.02 Å². The van der Waals surface area contributed by atoms with E-state index in [9.17, 15) is 19.2 Å². The minimum atomic E-state index is -1.05. The Bertz CT molecular complexity index is 1320. The first-order valence-electron chi connectivity index (χ1n) is 9.47. The number of imide groups is 2. The molecule has 0 unspecified atom stereocenters. The van der Waals surface area contributed by atoms with E-state index in [1.54, 1.807) is 24.3 Å². The summed E-state index contributed by atoms with van der Waals surface area (Å²) in [5.74, 6) is -1.83. The number of nitrogens with zero attached hydrogens (tertiary/aromatic N) is 1. The third-order valence-corrected chi connectivity index (χ3v) is 5.12. The molecule has 2 heterocycles. The van der Waals surface area contributed by atoms with E-state index in [2.05, 4.69) is 5.32 Å². The molecule has 2 N–H and O–H groups in total. The van der Waals surface area contributed by atoms with Gasteiger partial charge in [0.1, 0.15) is 22.8 Å². The van der Waals surface area contributed by atoms with E-state index in [1.165, 1.54) is 43.5 Å². The van der Waals surface area contributed by atoms with Crippen molar-refractivity contribution in [2.75, 3.05) is 12.0 Å². The lowest BCUT2D eigenvalue weighted by Crippen LogP contribution is -2.54. The first-order chi connectivity index (χ1) is 15.8. The van der Waals surface area contributed by atoms with Crippen LogP contribution in [0.3, 0.4) is 0 Å². The van der Waals surface area contributed by atoms with Gasteiger partial charge in [-0.3, -0.25) is 14.9 Å². The topological polar surface area (TPSA) is 126 Å². The van der Waals surface area contributed by atoms with Crippen molar-refractivity contribution in [2.24, 2.45) is 0 Å². The number of methoxy groups -OCH3 is 1. The lowest BCUT2D eigenvalue weighted by molar-refractivity contribution is -0.122. The van der Waals surface area contributed by atoms with Crippen molar-refractivity contribution in [1.82, 2.24) is 5.32 Å². The number of benzene rings is 2. The van der Waals surface area contributed by atoms with Gasteiger partial charge < -0.3 is 14.3 Å². The Morgan fingerprint density at radius 2 is 1.82 bits per heavy atom. The number of nitrogens with one attached hydrogen (secondary N) is 1. The maximum absolute atomic E-state index is 13.0. The zero-order valence-electron chi connectivity index (χ0n) is 17.0. The maximum atomic E-state index is 13.0. The van der Waals surface area contributed by atoms with Gasteiger partial charge in [0.25, 0.3) is 11.8 Å². The number of furan rings is 1. The van der Waals surface area contributed by atoms with Gasteiger partial charge >= 0.3 is 12.0 Å². The van der Waals surface area contributed by atoms with Crippen molar-refractivity contribution >= 4 is 47.2 Å². The van der Waals surface area contributed by atoms with Gasteiger partial charge in [0.05, 0.1) is 23.4 Å². The molecule has 0 atom stereocenters. The largest absolute Gasteiger partial charge is 0.495 e. The first kappa shape index (κ1) is 21.8. The van der Waals surface area contributed by atoms with E-state index in [0.29, 0.717) is 17.1 Å². The number of halogens is 1. The number of carboxylic acids is 1. The minimum Gasteiger partial charge on any atom is -0.495 e. The molecule has 33 heavy (non-hydrogen) atoms. The number of barbiturate groups is 1. The van der Waals surface area contributed by atoms with Crippen molar-refractivity contribution in [2.45, 2.75) is 0 Å². The lowest BCUT2D eigenvalue weighted by Gasteiger charge is -2.26. The molecule has 0 saturated carbocycles. The molecular formula is C23H15ClN2O7. The van der Waals surface area contributed by atoms with Gasteiger partial charge in [-0.1, -0.05) is 23.7 Å². The zero-order valence-corrected chi connectivity index (χ0v) is 17.8. The summed E-state index contributed by atoms with van der Waals surface area (Å²) in [5.41, 5.74) is 0.568. The summed E-state index contributed by atoms with van der Waals surface area (Å²) in [4.78, 5) is 49.5. The van der Waals surface area contributed by atoms with Crippen LogP contribution in [0.15, 0.2) is 64.6 Å². The Kier molecular flexibility index (Phi) is 5.72. The highest BCUT2D eigenvalue weighted by molar-refractivity contribution is 6.39. The van der Waals surface area contributed by atoms with Crippen LogP contribution >= 0.6 is 11.6 Å². The highest BCUT2D eigenvalue weighted by Crippen LogP contribution is 2.31. The number of carbonyl (C=O) groups excluding carboxylic acids is 3. The van der Waals surface area contributed by atoms with E-state index >= 15 is 0 Å². The average Bonchev–Trinajstić information content (AvgIpc) is 3.25. The molecule has 1 aliphatic rings. The molecule has 4 rings (SSSR count). The molecular weight excluding hydrogens is 452 g/mol. The molecule has 1 aliphatic heterocycles. The van der Waals surface area contributed by atoms with Crippen molar-refractivity contribution < 1.29 is 33.4 Å². The number of ether oxygens (including phenoxy) is 1. The molecule has 0 radical (unpaired) electrons. The molecule has 1 aromatic heterocycles. The molecule has 3 aromatic rings. The van der Waals surface area contributed by atoms with E-state index in [4.69, 9.17) is 25.9 Å². The number of hydrogen-bond donors (Lipinski definition) is 2. The van der Waals surface area contributed by atoms with Crippen LogP contribution in [0.25, 0.3) is 17.4 Å². The number of carbonyl (C=O) groups is 4. The quantitative estimate of drug-likeness (QED) is 0.430. The van der Waals surface area contributed by atoms with Gasteiger partial charge in [-0.2, -0.15) is 0 Å². The lowest BCUT2D eigenvalue weighted by atomic mass is 10.1. The molecule has 2 aromatic carbocycles. The predicted octanol–water partition coefficient (Wildman–Crippen LogP) is 3.97. The van der Waals surface area contributed by atoms with E-state index < -0.39 is 23.8 Å². The minimum absolute atomic E-state index is 0.125. The van der Waals surface area contributed by atoms with Crippen molar-refractivity contribution in [3.8, 4) is 17.1 Å². The summed E-state index contributed by atoms with van der Waals surface area (Å²) in [5, 5.41) is 11.3. The Morgan fingerprint density at radius 1 is 1.09 bits per heavy atom. The van der Waals surface area contributed by atoms with E-state index in [1.807, 2.05) is 0 Å².